The molecule has 0 heterocycles. The van der Waals surface area contributed by atoms with Crippen LogP contribution < -0.4 is 0 Å². The molecule has 0 aliphatic carbocycles. The van der Waals surface area contributed by atoms with Crippen molar-refractivity contribution in [2.45, 2.75) is 213 Å². The molecule has 1 unspecified atom stereocenters. The molecule has 1 N–H and O–H groups in total. The van der Waals surface area contributed by atoms with E-state index in [9.17, 15) is 14.7 Å². The van der Waals surface area contributed by atoms with E-state index in [1.54, 1.807) is 0 Å². The van der Waals surface area contributed by atoms with Crippen molar-refractivity contribution in [1.82, 2.24) is 0 Å². The summed E-state index contributed by atoms with van der Waals surface area (Å²) in [6, 6.07) is 0. The number of esters is 2. The van der Waals surface area contributed by atoms with E-state index in [4.69, 9.17) is 9.47 Å². The lowest BCUT2D eigenvalue weighted by Gasteiger charge is -2.15. The van der Waals surface area contributed by atoms with E-state index in [1.807, 2.05) is 12.2 Å². The number of allylic oxidation sites excluding steroid dienone is 24. The van der Waals surface area contributed by atoms with Crippen LogP contribution in [0.5, 0.6) is 0 Å². The van der Waals surface area contributed by atoms with Crippen LogP contribution in [-0.4, -0.2) is 36.4 Å². The maximum Gasteiger partial charge on any atom is 0.306 e. The second kappa shape index (κ2) is 55.1. The standard InChI is InChI=1S/C61H96O5/c1-3-5-7-9-11-13-15-17-19-21-23-24-25-26-27-28-29-30-31-32-33-34-35-36-38-40-42-44-46-48-50-52-54-56-61(64)66-59(57-62)58-65-60(63)55-53-51-49-47-45-43-41-39-37-22-20-18-16-14-12-10-8-6-4-2/h5-8,11-14,17-20,23-24,26-27,29-30,37,39,43,45,49,51,59,62H,3-4,9-10,15-16,21-22,25,28,31-36,38,40-42,44,46-48,50,52-58H2,1-2H3/b7-5-,8-6-,13-11-,14-12-,19-17-,20-18-,24-23-,27-26-,30-29-,39-37-,45-43-,51-49-. The van der Waals surface area contributed by atoms with Gasteiger partial charge in [-0.2, -0.15) is 0 Å². The van der Waals surface area contributed by atoms with Gasteiger partial charge in [0.05, 0.1) is 6.61 Å². The molecule has 0 saturated heterocycles. The number of carbonyl (C=O) groups is 2. The zero-order chi connectivity index (χ0) is 47.7. The molecule has 0 spiro atoms. The zero-order valence-electron chi connectivity index (χ0n) is 42.1. The van der Waals surface area contributed by atoms with Gasteiger partial charge in [0.25, 0.3) is 0 Å². The average molecular weight is 909 g/mol. The third kappa shape index (κ3) is 52.4. The maximum atomic E-state index is 12.3. The molecule has 0 aliphatic rings. The normalized spacial score (nSPS) is 13.4. The minimum atomic E-state index is -0.814. The van der Waals surface area contributed by atoms with Crippen molar-refractivity contribution < 1.29 is 24.2 Å². The molecule has 66 heavy (non-hydrogen) atoms. The largest absolute Gasteiger partial charge is 0.462 e. The lowest BCUT2D eigenvalue weighted by Crippen LogP contribution is -2.28. The molecular formula is C61H96O5. The Hall–Kier alpha value is -4.22. The predicted octanol–water partition coefficient (Wildman–Crippen LogP) is 17.9. The topological polar surface area (TPSA) is 72.8 Å². The van der Waals surface area contributed by atoms with E-state index < -0.39 is 6.10 Å². The molecule has 0 radical (unpaired) electrons. The van der Waals surface area contributed by atoms with Gasteiger partial charge in [-0.25, -0.2) is 0 Å². The molecule has 0 aromatic heterocycles. The monoisotopic (exact) mass is 909 g/mol. The number of hydrogen-bond donors (Lipinski definition) is 1. The number of aliphatic hydroxyl groups is 1. The third-order valence-corrected chi connectivity index (χ3v) is 10.6. The Morgan fingerprint density at radius 2 is 0.636 bits per heavy atom. The second-order valence-electron chi connectivity index (χ2n) is 16.8. The summed E-state index contributed by atoms with van der Waals surface area (Å²) in [5, 5.41) is 9.62. The van der Waals surface area contributed by atoms with Crippen molar-refractivity contribution in [3.63, 3.8) is 0 Å². The zero-order valence-corrected chi connectivity index (χ0v) is 42.1. The average Bonchev–Trinajstić information content (AvgIpc) is 3.32. The van der Waals surface area contributed by atoms with E-state index in [2.05, 4.69) is 148 Å². The summed E-state index contributed by atoms with van der Waals surface area (Å²) in [7, 11) is 0. The van der Waals surface area contributed by atoms with Gasteiger partial charge in [-0.3, -0.25) is 9.59 Å². The van der Waals surface area contributed by atoms with Crippen LogP contribution in [0.15, 0.2) is 146 Å². The molecule has 0 rings (SSSR count). The molecule has 0 bridgehead atoms. The number of hydrogen-bond acceptors (Lipinski definition) is 5. The molecule has 370 valence electrons. The minimum Gasteiger partial charge on any atom is -0.462 e. The highest BCUT2D eigenvalue weighted by atomic mass is 16.6. The Morgan fingerprint density at radius 3 is 0.970 bits per heavy atom. The fourth-order valence-electron chi connectivity index (χ4n) is 6.76. The van der Waals surface area contributed by atoms with Crippen LogP contribution in [0.1, 0.15) is 206 Å². The fraction of sp³-hybridized carbons (Fsp3) is 0.574. The summed E-state index contributed by atoms with van der Waals surface area (Å²) in [6.07, 6.45) is 83.9. The van der Waals surface area contributed by atoms with E-state index in [0.717, 1.165) is 96.3 Å². The highest BCUT2D eigenvalue weighted by Crippen LogP contribution is 2.14. The molecule has 0 saturated carbocycles. The van der Waals surface area contributed by atoms with E-state index in [0.29, 0.717) is 12.8 Å². The number of ether oxygens (including phenoxy) is 2. The summed E-state index contributed by atoms with van der Waals surface area (Å²) >= 11 is 0. The van der Waals surface area contributed by atoms with Gasteiger partial charge >= 0.3 is 11.9 Å². The molecule has 5 heteroatoms. The smallest absolute Gasteiger partial charge is 0.306 e. The molecule has 0 aliphatic heterocycles. The quantitative estimate of drug-likeness (QED) is 0.0374. The summed E-state index contributed by atoms with van der Waals surface area (Å²) in [5.74, 6) is -0.698. The van der Waals surface area contributed by atoms with Crippen molar-refractivity contribution in [1.29, 1.82) is 0 Å². The van der Waals surface area contributed by atoms with Gasteiger partial charge in [0.2, 0.25) is 0 Å². The van der Waals surface area contributed by atoms with Crippen LogP contribution >= 0.6 is 0 Å². The summed E-state index contributed by atoms with van der Waals surface area (Å²) in [6.45, 7) is 3.84. The number of unbranched alkanes of at least 4 members (excludes halogenated alkanes) is 14. The molecular weight excluding hydrogens is 813 g/mol. The first kappa shape index (κ1) is 61.8. The highest BCUT2D eigenvalue weighted by molar-refractivity contribution is 5.70. The third-order valence-electron chi connectivity index (χ3n) is 10.6. The van der Waals surface area contributed by atoms with Crippen molar-refractivity contribution >= 4 is 11.9 Å². The van der Waals surface area contributed by atoms with Crippen molar-refractivity contribution in [2.75, 3.05) is 13.2 Å². The Balaban J connectivity index is 3.61. The maximum absolute atomic E-state index is 12.3. The molecule has 0 amide bonds. The van der Waals surface area contributed by atoms with Crippen LogP contribution in [0.2, 0.25) is 0 Å². The van der Waals surface area contributed by atoms with Gasteiger partial charge in [-0.05, 0) is 103 Å². The molecule has 1 atom stereocenters. The fourth-order valence-corrected chi connectivity index (χ4v) is 6.76. The second-order valence-corrected chi connectivity index (χ2v) is 16.8. The van der Waals surface area contributed by atoms with Gasteiger partial charge in [-0.1, -0.05) is 237 Å². The molecule has 0 aromatic rings. The number of aliphatic hydroxyl groups excluding tert-OH is 1. The Kier molecular flexibility index (Phi) is 51.6. The molecule has 5 nitrogen and oxygen atoms in total. The van der Waals surface area contributed by atoms with Crippen molar-refractivity contribution in [2.24, 2.45) is 0 Å². The van der Waals surface area contributed by atoms with E-state index in [-0.39, 0.29) is 31.6 Å². The minimum absolute atomic E-state index is 0.115. The summed E-state index contributed by atoms with van der Waals surface area (Å²) in [4.78, 5) is 24.4. The van der Waals surface area contributed by atoms with Crippen LogP contribution in [0.4, 0.5) is 0 Å². The van der Waals surface area contributed by atoms with Gasteiger partial charge in [0.15, 0.2) is 6.10 Å². The number of carbonyl (C=O) groups excluding carboxylic acids is 2. The van der Waals surface area contributed by atoms with Crippen molar-refractivity contribution in [3.05, 3.63) is 146 Å². The first-order valence-electron chi connectivity index (χ1n) is 26.4. The van der Waals surface area contributed by atoms with Crippen LogP contribution in [0.25, 0.3) is 0 Å². The SMILES string of the molecule is CC/C=C\C/C=C\C/C=C\C/C=C\C/C=C\C/C=C\CCCCCCCCCCCCCCCCC(=O)OC(CO)COC(=O)CC/C=C\C/C=C\C/C=C\C/C=C\C/C=C\C/C=C\CC. The Bertz CT molecular complexity index is 1450. The Labute approximate surface area is 406 Å². The number of rotatable bonds is 46. The lowest BCUT2D eigenvalue weighted by molar-refractivity contribution is -0.161. The lowest BCUT2D eigenvalue weighted by atomic mass is 10.0. The van der Waals surface area contributed by atoms with Crippen molar-refractivity contribution in [3.8, 4) is 0 Å². The van der Waals surface area contributed by atoms with Gasteiger partial charge in [0.1, 0.15) is 6.61 Å². The van der Waals surface area contributed by atoms with Gasteiger partial charge in [0, 0.05) is 12.8 Å². The van der Waals surface area contributed by atoms with Gasteiger partial charge in [-0.15, -0.1) is 0 Å². The van der Waals surface area contributed by atoms with Crippen LogP contribution in [0, 0.1) is 0 Å². The van der Waals surface area contributed by atoms with Crippen LogP contribution in [-0.2, 0) is 19.1 Å². The molecule has 0 aromatic carbocycles. The first-order chi connectivity index (χ1) is 32.6. The summed E-state index contributed by atoms with van der Waals surface area (Å²) in [5.41, 5.74) is 0. The highest BCUT2D eigenvalue weighted by Gasteiger charge is 2.16. The van der Waals surface area contributed by atoms with E-state index in [1.165, 1.54) is 77.0 Å². The Morgan fingerprint density at radius 1 is 0.348 bits per heavy atom. The predicted molar refractivity (Wildman–Crippen MR) is 287 cm³/mol. The van der Waals surface area contributed by atoms with E-state index >= 15 is 0 Å². The molecule has 0 fully saturated rings. The summed E-state index contributed by atoms with van der Waals surface area (Å²) < 4.78 is 10.6. The van der Waals surface area contributed by atoms with Gasteiger partial charge < -0.3 is 14.6 Å². The van der Waals surface area contributed by atoms with Crippen LogP contribution in [0.3, 0.4) is 0 Å². The first-order valence-corrected chi connectivity index (χ1v) is 26.4.